The average Bonchev–Trinajstić information content (AvgIpc) is 3.07. The summed E-state index contributed by atoms with van der Waals surface area (Å²) in [6, 6.07) is 23.9. The first-order chi connectivity index (χ1) is 21.3. The van der Waals surface area contributed by atoms with Crippen LogP contribution in [0.1, 0.15) is 63.7 Å². The van der Waals surface area contributed by atoms with Crippen molar-refractivity contribution in [1.82, 2.24) is 21.3 Å². The molecule has 4 heterocycles. The molecule has 4 aliphatic rings. The molecule has 0 atom stereocenters. The minimum absolute atomic E-state index is 0.192. The van der Waals surface area contributed by atoms with Crippen LogP contribution in [0, 0.1) is 0 Å². The van der Waals surface area contributed by atoms with Crippen LogP contribution in [0.4, 0.5) is 0 Å². The first-order valence-corrected chi connectivity index (χ1v) is 14.0. The summed E-state index contributed by atoms with van der Waals surface area (Å²) in [5.41, 5.74) is 4.44. The lowest BCUT2D eigenvalue weighted by Crippen LogP contribution is -2.26. The highest BCUT2D eigenvalue weighted by Crippen LogP contribution is 2.22. The maximum Gasteiger partial charge on any atom is 0.251 e. The number of carbonyl (C=O) groups is 4. The van der Waals surface area contributed by atoms with Gasteiger partial charge in [-0.15, -0.1) is 0 Å². The van der Waals surface area contributed by atoms with E-state index in [9.17, 15) is 19.2 Å². The fourth-order valence-electron chi connectivity index (χ4n) is 4.82. The molecule has 0 saturated heterocycles. The van der Waals surface area contributed by atoms with E-state index >= 15 is 0 Å². The standard InChI is InChI=1S/C34H32N4O6/c1-43-29-13-21-9-11-27(29)19-37-33(41)25-7-3-6-24(15-25)32(40)36-18-22-10-12-28(30(14-22)44-2)20-38-34(42)26-8-4-5-23(16-26)31(39)35-17-21/h3-16H,17-20H2,1-2H3,(H,35,39)(H,36,40)(H,37,41)(H,38,42). The highest BCUT2D eigenvalue weighted by molar-refractivity contribution is 6.00. The van der Waals surface area contributed by atoms with Crippen LogP contribution in [-0.4, -0.2) is 37.8 Å². The van der Waals surface area contributed by atoms with Gasteiger partial charge >= 0.3 is 0 Å². The fraction of sp³-hybridized carbons (Fsp3) is 0.176. The zero-order valence-electron chi connectivity index (χ0n) is 24.4. The van der Waals surface area contributed by atoms with Crippen LogP contribution < -0.4 is 30.7 Å². The number of hydrogen-bond donors (Lipinski definition) is 4. The Morgan fingerprint density at radius 1 is 0.455 bits per heavy atom. The Kier molecular flexibility index (Phi) is 9.19. The number of nitrogens with one attached hydrogen (secondary N) is 4. The highest BCUT2D eigenvalue weighted by atomic mass is 16.5. The van der Waals surface area contributed by atoms with Gasteiger partial charge in [0.05, 0.1) is 14.2 Å². The van der Waals surface area contributed by atoms with Gasteiger partial charge in [0, 0.05) is 59.6 Å². The summed E-state index contributed by atoms with van der Waals surface area (Å²) in [5, 5.41) is 11.5. The van der Waals surface area contributed by atoms with Crippen molar-refractivity contribution in [2.45, 2.75) is 26.2 Å². The van der Waals surface area contributed by atoms with Crippen LogP contribution in [0.3, 0.4) is 0 Å². The van der Waals surface area contributed by atoms with Crippen LogP contribution in [0.25, 0.3) is 0 Å². The van der Waals surface area contributed by atoms with Crippen molar-refractivity contribution < 1.29 is 28.7 Å². The second-order valence-electron chi connectivity index (χ2n) is 10.2. The van der Waals surface area contributed by atoms with Crippen molar-refractivity contribution in [3.05, 3.63) is 129 Å². The molecule has 44 heavy (non-hydrogen) atoms. The molecule has 224 valence electrons. The summed E-state index contributed by atoms with van der Waals surface area (Å²) < 4.78 is 11.1. The van der Waals surface area contributed by atoms with E-state index in [1.54, 1.807) is 60.7 Å². The monoisotopic (exact) mass is 592 g/mol. The van der Waals surface area contributed by atoms with E-state index in [0.717, 1.165) is 22.3 Å². The first-order valence-electron chi connectivity index (χ1n) is 14.0. The molecule has 10 heteroatoms. The van der Waals surface area contributed by atoms with Crippen LogP contribution in [0.5, 0.6) is 11.5 Å². The van der Waals surface area contributed by atoms with E-state index in [4.69, 9.17) is 9.47 Å². The molecule has 8 rings (SSSR count). The molecular weight excluding hydrogens is 560 g/mol. The Bertz CT molecular complexity index is 1610. The number of rotatable bonds is 2. The lowest BCUT2D eigenvalue weighted by molar-refractivity contribution is 0.0934. The molecule has 0 fully saturated rings. The minimum atomic E-state index is -0.339. The SMILES string of the molecule is COc1cc2ccc1CNC(=O)c1cccc(c1)C(=O)NCc1ccc(c(OC)c1)CNC(=O)c1cccc(c1)C(=O)NC2. The summed E-state index contributed by atoms with van der Waals surface area (Å²) in [5.74, 6) is -0.237. The Balaban J connectivity index is 1.43. The van der Waals surface area contributed by atoms with Crippen molar-refractivity contribution in [3.63, 3.8) is 0 Å². The van der Waals surface area contributed by atoms with E-state index in [2.05, 4.69) is 21.3 Å². The Hall–Kier alpha value is -5.64. The normalized spacial score (nSPS) is 14.2. The molecule has 0 spiro atoms. The lowest BCUT2D eigenvalue weighted by atomic mass is 10.1. The zero-order valence-corrected chi connectivity index (χ0v) is 24.4. The number of ether oxygens (including phenoxy) is 2. The second kappa shape index (κ2) is 13.6. The molecule has 0 radical (unpaired) electrons. The van der Waals surface area contributed by atoms with E-state index in [-0.39, 0.29) is 49.8 Å². The summed E-state index contributed by atoms with van der Waals surface area (Å²) in [6.07, 6.45) is 0. The van der Waals surface area contributed by atoms with E-state index in [0.29, 0.717) is 33.8 Å². The molecule has 0 unspecified atom stereocenters. The van der Waals surface area contributed by atoms with E-state index in [1.165, 1.54) is 14.2 Å². The number of benzene rings is 4. The van der Waals surface area contributed by atoms with E-state index in [1.807, 2.05) is 24.3 Å². The third-order valence-electron chi connectivity index (χ3n) is 7.26. The topological polar surface area (TPSA) is 135 Å². The second-order valence-corrected chi connectivity index (χ2v) is 10.2. The van der Waals surface area contributed by atoms with E-state index < -0.39 is 0 Å². The number of carbonyl (C=O) groups excluding carboxylic acids is 4. The van der Waals surface area contributed by atoms with Gasteiger partial charge < -0.3 is 30.7 Å². The number of hydrogen-bond acceptors (Lipinski definition) is 6. The van der Waals surface area contributed by atoms with Gasteiger partial charge in [0.2, 0.25) is 0 Å². The summed E-state index contributed by atoms with van der Waals surface area (Å²) >= 11 is 0. The van der Waals surface area contributed by atoms with Crippen LogP contribution in [-0.2, 0) is 26.2 Å². The average molecular weight is 593 g/mol. The maximum absolute atomic E-state index is 13.0. The fourth-order valence-corrected chi connectivity index (χ4v) is 4.82. The van der Waals surface area contributed by atoms with Gasteiger partial charge in [-0.2, -0.15) is 0 Å². The van der Waals surface area contributed by atoms with Crippen molar-refractivity contribution in [3.8, 4) is 11.5 Å². The summed E-state index contributed by atoms with van der Waals surface area (Å²) in [7, 11) is 3.07. The minimum Gasteiger partial charge on any atom is -0.496 e. The van der Waals surface area contributed by atoms with Gasteiger partial charge in [-0.25, -0.2) is 0 Å². The molecule has 4 aromatic rings. The largest absolute Gasteiger partial charge is 0.496 e. The predicted molar refractivity (Wildman–Crippen MR) is 164 cm³/mol. The van der Waals surface area contributed by atoms with Gasteiger partial charge in [-0.3, -0.25) is 19.2 Å². The van der Waals surface area contributed by atoms with Crippen molar-refractivity contribution in [1.29, 1.82) is 0 Å². The van der Waals surface area contributed by atoms with Crippen LogP contribution >= 0.6 is 0 Å². The molecule has 8 bridgehead atoms. The number of amides is 4. The number of methoxy groups -OCH3 is 2. The molecule has 0 saturated carbocycles. The lowest BCUT2D eigenvalue weighted by Gasteiger charge is -2.14. The van der Waals surface area contributed by atoms with Crippen LogP contribution in [0.15, 0.2) is 84.9 Å². The van der Waals surface area contributed by atoms with Gasteiger partial charge in [-0.1, -0.05) is 36.4 Å². The molecule has 4 amide bonds. The van der Waals surface area contributed by atoms with Gasteiger partial charge in [0.1, 0.15) is 11.5 Å². The van der Waals surface area contributed by atoms with Crippen molar-refractivity contribution >= 4 is 23.6 Å². The third-order valence-corrected chi connectivity index (χ3v) is 7.26. The molecule has 4 aliphatic heterocycles. The molecule has 4 N–H and O–H groups in total. The van der Waals surface area contributed by atoms with Gasteiger partial charge in [0.25, 0.3) is 23.6 Å². The van der Waals surface area contributed by atoms with Crippen molar-refractivity contribution in [2.75, 3.05) is 14.2 Å². The summed E-state index contributed by atoms with van der Waals surface area (Å²) in [6.45, 7) is 0.835. The zero-order chi connectivity index (χ0) is 31.1. The first kappa shape index (κ1) is 29.8. The molecule has 4 aromatic carbocycles. The molecule has 10 nitrogen and oxygen atoms in total. The summed E-state index contributed by atoms with van der Waals surface area (Å²) in [4.78, 5) is 51.8. The Morgan fingerprint density at radius 3 is 1.14 bits per heavy atom. The third kappa shape index (κ3) is 7.04. The highest BCUT2D eigenvalue weighted by Gasteiger charge is 2.15. The Labute approximate surface area is 254 Å². The van der Waals surface area contributed by atoms with Crippen molar-refractivity contribution in [2.24, 2.45) is 0 Å². The molecular formula is C34H32N4O6. The van der Waals surface area contributed by atoms with Gasteiger partial charge in [-0.05, 0) is 59.7 Å². The molecule has 0 aromatic heterocycles. The quantitative estimate of drug-likeness (QED) is 0.280. The Morgan fingerprint density at radius 2 is 0.795 bits per heavy atom. The predicted octanol–water partition coefficient (Wildman–Crippen LogP) is 3.74. The van der Waals surface area contributed by atoms with Crippen LogP contribution in [0.2, 0.25) is 0 Å². The smallest absolute Gasteiger partial charge is 0.251 e. The molecule has 0 aliphatic carbocycles. The van der Waals surface area contributed by atoms with Gasteiger partial charge in [0.15, 0.2) is 0 Å². The maximum atomic E-state index is 13.0.